The topological polar surface area (TPSA) is 79.4 Å². The predicted molar refractivity (Wildman–Crippen MR) is 124 cm³/mol. The zero-order valence-electron chi connectivity index (χ0n) is 18.9. The van der Waals surface area contributed by atoms with Gasteiger partial charge in [-0.1, -0.05) is 11.6 Å². The second kappa shape index (κ2) is 9.89. The number of carbonyl (C=O) groups excluding carboxylic acids is 3. The van der Waals surface area contributed by atoms with Crippen molar-refractivity contribution in [3.8, 4) is 11.5 Å². The second-order valence-electron chi connectivity index (χ2n) is 8.18. The normalized spacial score (nSPS) is 18.3. The van der Waals surface area contributed by atoms with Gasteiger partial charge in [0.05, 0.1) is 36.4 Å². The van der Waals surface area contributed by atoms with Crippen molar-refractivity contribution in [3.05, 3.63) is 52.8 Å². The van der Waals surface area contributed by atoms with E-state index in [1.165, 1.54) is 26.4 Å². The number of nitrogens with zero attached hydrogens (tertiary/aromatic N) is 3. The molecule has 180 valence electrons. The summed E-state index contributed by atoms with van der Waals surface area (Å²) in [5.41, 5.74) is 0.792. The molecule has 0 N–H and O–H groups in total. The maximum absolute atomic E-state index is 13.3. The lowest BCUT2D eigenvalue weighted by molar-refractivity contribution is -0.137. The number of methoxy groups -OCH3 is 2. The quantitative estimate of drug-likeness (QED) is 0.645. The van der Waals surface area contributed by atoms with Crippen molar-refractivity contribution in [2.24, 2.45) is 5.92 Å². The average Bonchev–Trinajstić information content (AvgIpc) is 3.24. The maximum atomic E-state index is 13.3. The molecule has 2 aromatic carbocycles. The van der Waals surface area contributed by atoms with E-state index in [-0.39, 0.29) is 41.3 Å². The summed E-state index contributed by atoms with van der Waals surface area (Å²) in [7, 11) is 3.06. The molecule has 1 unspecified atom stereocenters. The van der Waals surface area contributed by atoms with Crippen LogP contribution < -0.4 is 14.4 Å². The van der Waals surface area contributed by atoms with Crippen LogP contribution in [0.25, 0.3) is 0 Å². The Labute approximate surface area is 201 Å². The van der Waals surface area contributed by atoms with E-state index in [4.69, 9.17) is 21.1 Å². The number of rotatable bonds is 5. The molecule has 2 aliphatic heterocycles. The fraction of sp³-hybridized carbons (Fsp3) is 0.375. The first kappa shape index (κ1) is 23.8. The highest BCUT2D eigenvalue weighted by Crippen LogP contribution is 2.36. The predicted octanol–water partition coefficient (Wildman–Crippen LogP) is 2.83. The molecule has 0 bridgehead atoms. The lowest BCUT2D eigenvalue weighted by Crippen LogP contribution is -2.52. The van der Waals surface area contributed by atoms with Gasteiger partial charge in [-0.3, -0.25) is 14.4 Å². The Morgan fingerprint density at radius 2 is 1.71 bits per heavy atom. The smallest absolute Gasteiger partial charge is 0.255 e. The number of hydrogen-bond donors (Lipinski definition) is 0. The van der Waals surface area contributed by atoms with E-state index in [9.17, 15) is 18.8 Å². The van der Waals surface area contributed by atoms with Gasteiger partial charge in [0, 0.05) is 45.2 Å². The molecule has 4 rings (SSSR count). The van der Waals surface area contributed by atoms with Gasteiger partial charge in [-0.25, -0.2) is 4.39 Å². The summed E-state index contributed by atoms with van der Waals surface area (Å²) in [6, 6.07) is 8.84. The van der Waals surface area contributed by atoms with Crippen molar-refractivity contribution in [2.45, 2.75) is 6.42 Å². The third-order valence-electron chi connectivity index (χ3n) is 6.19. The van der Waals surface area contributed by atoms with E-state index in [1.54, 1.807) is 32.9 Å². The van der Waals surface area contributed by atoms with E-state index in [2.05, 4.69) is 0 Å². The zero-order valence-corrected chi connectivity index (χ0v) is 19.7. The third-order valence-corrected chi connectivity index (χ3v) is 6.50. The highest BCUT2D eigenvalue weighted by Gasteiger charge is 2.39. The summed E-state index contributed by atoms with van der Waals surface area (Å²) < 4.78 is 23.9. The number of amides is 3. The average molecular weight is 490 g/mol. The Hall–Kier alpha value is -3.33. The van der Waals surface area contributed by atoms with Gasteiger partial charge >= 0.3 is 0 Å². The number of benzene rings is 2. The Kier molecular flexibility index (Phi) is 6.92. The first-order valence-corrected chi connectivity index (χ1v) is 11.3. The molecule has 0 radical (unpaired) electrons. The van der Waals surface area contributed by atoms with Crippen molar-refractivity contribution < 1.29 is 28.2 Å². The standard InChI is InChI=1S/C24H25ClFN3O5/c1-33-17-4-6-21(34-2)20(13-17)29-14-15(11-22(29)30)23(31)27-7-9-28(10-8-27)24(32)18-5-3-16(26)12-19(18)25/h3-6,12-13,15H,7-11,14H2,1-2H3. The van der Waals surface area contributed by atoms with E-state index >= 15 is 0 Å². The summed E-state index contributed by atoms with van der Waals surface area (Å²) in [6.07, 6.45) is 0.101. The number of halogens is 2. The molecular weight excluding hydrogens is 465 g/mol. The Morgan fingerprint density at radius 3 is 2.35 bits per heavy atom. The third kappa shape index (κ3) is 4.65. The van der Waals surface area contributed by atoms with Crippen LogP contribution in [-0.4, -0.2) is 74.5 Å². The highest BCUT2D eigenvalue weighted by molar-refractivity contribution is 6.33. The molecule has 0 saturated carbocycles. The molecule has 8 nitrogen and oxygen atoms in total. The molecule has 0 aromatic heterocycles. The Balaban J connectivity index is 1.39. The monoisotopic (exact) mass is 489 g/mol. The van der Waals surface area contributed by atoms with Gasteiger partial charge < -0.3 is 24.2 Å². The molecule has 0 aliphatic carbocycles. The van der Waals surface area contributed by atoms with Crippen LogP contribution in [0.5, 0.6) is 11.5 Å². The van der Waals surface area contributed by atoms with Crippen LogP contribution in [0.3, 0.4) is 0 Å². The lowest BCUT2D eigenvalue weighted by Gasteiger charge is -2.36. The molecule has 2 aromatic rings. The van der Waals surface area contributed by atoms with Crippen LogP contribution in [0.2, 0.25) is 5.02 Å². The van der Waals surface area contributed by atoms with Crippen molar-refractivity contribution in [1.82, 2.24) is 9.80 Å². The second-order valence-corrected chi connectivity index (χ2v) is 8.59. The Bertz CT molecular complexity index is 1120. The minimum absolute atomic E-state index is 0.0565. The van der Waals surface area contributed by atoms with Gasteiger partial charge in [-0.15, -0.1) is 0 Å². The zero-order chi connectivity index (χ0) is 24.4. The molecular formula is C24H25ClFN3O5. The highest BCUT2D eigenvalue weighted by atomic mass is 35.5. The largest absolute Gasteiger partial charge is 0.497 e. The van der Waals surface area contributed by atoms with E-state index in [0.29, 0.717) is 43.4 Å². The molecule has 0 spiro atoms. The summed E-state index contributed by atoms with van der Waals surface area (Å²) in [4.78, 5) is 43.5. The summed E-state index contributed by atoms with van der Waals surface area (Å²) in [5.74, 6) is -0.478. The van der Waals surface area contributed by atoms with Gasteiger partial charge in [0.15, 0.2) is 0 Å². The number of ether oxygens (including phenoxy) is 2. The Morgan fingerprint density at radius 1 is 1.00 bits per heavy atom. The number of carbonyl (C=O) groups is 3. The van der Waals surface area contributed by atoms with Crippen LogP contribution in [0, 0.1) is 11.7 Å². The van der Waals surface area contributed by atoms with Gasteiger partial charge in [0.2, 0.25) is 11.8 Å². The summed E-state index contributed by atoms with van der Waals surface area (Å²) >= 11 is 6.02. The van der Waals surface area contributed by atoms with Crippen molar-refractivity contribution in [2.75, 3.05) is 51.8 Å². The van der Waals surface area contributed by atoms with Gasteiger partial charge in [-0.2, -0.15) is 0 Å². The van der Waals surface area contributed by atoms with E-state index in [1.807, 2.05) is 0 Å². The van der Waals surface area contributed by atoms with Crippen molar-refractivity contribution in [3.63, 3.8) is 0 Å². The van der Waals surface area contributed by atoms with Crippen molar-refractivity contribution >= 4 is 35.0 Å². The van der Waals surface area contributed by atoms with Crippen molar-refractivity contribution in [1.29, 1.82) is 0 Å². The molecule has 1 atom stereocenters. The minimum Gasteiger partial charge on any atom is -0.497 e. The maximum Gasteiger partial charge on any atom is 0.255 e. The van der Waals surface area contributed by atoms with Crippen LogP contribution >= 0.6 is 11.6 Å². The molecule has 10 heteroatoms. The summed E-state index contributed by atoms with van der Waals surface area (Å²) in [6.45, 7) is 1.58. The SMILES string of the molecule is COc1ccc(OC)c(N2CC(C(=O)N3CCN(C(=O)c4ccc(F)cc4Cl)CC3)CC2=O)c1. The molecule has 2 heterocycles. The number of hydrogen-bond acceptors (Lipinski definition) is 5. The minimum atomic E-state index is -0.510. The van der Waals surface area contributed by atoms with Gasteiger partial charge in [0.25, 0.3) is 5.91 Å². The summed E-state index contributed by atoms with van der Waals surface area (Å²) in [5, 5.41) is 0.0565. The first-order chi connectivity index (χ1) is 16.3. The van der Waals surface area contributed by atoms with Gasteiger partial charge in [0.1, 0.15) is 17.3 Å². The molecule has 2 fully saturated rings. The number of anilines is 1. The van der Waals surface area contributed by atoms with Crippen LogP contribution in [0.1, 0.15) is 16.8 Å². The van der Waals surface area contributed by atoms with Crippen LogP contribution in [0.15, 0.2) is 36.4 Å². The van der Waals surface area contributed by atoms with E-state index < -0.39 is 11.7 Å². The lowest BCUT2D eigenvalue weighted by atomic mass is 10.1. The molecule has 2 aliphatic rings. The number of piperazine rings is 1. The molecule has 2 saturated heterocycles. The molecule has 3 amide bonds. The van der Waals surface area contributed by atoms with Gasteiger partial charge in [-0.05, 0) is 30.3 Å². The fourth-order valence-electron chi connectivity index (χ4n) is 4.33. The van der Waals surface area contributed by atoms with Crippen LogP contribution in [-0.2, 0) is 9.59 Å². The van der Waals surface area contributed by atoms with E-state index in [0.717, 1.165) is 6.07 Å². The fourth-order valence-corrected chi connectivity index (χ4v) is 4.58. The van der Waals surface area contributed by atoms with Crippen LogP contribution in [0.4, 0.5) is 10.1 Å². The first-order valence-electron chi connectivity index (χ1n) is 10.9. The molecule has 34 heavy (non-hydrogen) atoms.